The predicted molar refractivity (Wildman–Crippen MR) is 60.6 cm³/mol. The molecule has 0 heterocycles. The number of hydrogen-bond acceptors (Lipinski definition) is 4. The first-order valence-corrected chi connectivity index (χ1v) is 4.43. The van der Waals surface area contributed by atoms with Gasteiger partial charge in [0.2, 0.25) is 0 Å². The fraction of sp³-hybridized carbons (Fsp3) is 0.182. The summed E-state index contributed by atoms with van der Waals surface area (Å²) in [7, 11) is 0. The lowest BCUT2D eigenvalue weighted by atomic mass is 10.1. The van der Waals surface area contributed by atoms with Crippen LogP contribution in [0.5, 0.6) is 0 Å². The van der Waals surface area contributed by atoms with E-state index in [1.165, 1.54) is 24.3 Å². The van der Waals surface area contributed by atoms with E-state index in [0.717, 1.165) is 6.21 Å². The van der Waals surface area contributed by atoms with Gasteiger partial charge < -0.3 is 10.1 Å². The van der Waals surface area contributed by atoms with Crippen molar-refractivity contribution < 1.29 is 9.53 Å². The van der Waals surface area contributed by atoms with Gasteiger partial charge in [-0.25, -0.2) is 4.79 Å². The van der Waals surface area contributed by atoms with Gasteiger partial charge in [0.05, 0.1) is 6.61 Å². The fourth-order valence-electron chi connectivity index (χ4n) is 0.822. The van der Waals surface area contributed by atoms with E-state index in [1.807, 2.05) is 0 Å². The predicted octanol–water partition coefficient (Wildman–Crippen LogP) is 1.89. The number of ether oxygens (including phenoxy) is 1. The smallest absolute Gasteiger partial charge is 0.356 e. The maximum absolute atomic E-state index is 11.2. The summed E-state index contributed by atoms with van der Waals surface area (Å²) in [5.41, 5.74) is 0.127. The normalized spacial score (nSPS) is 11.1. The molecule has 0 amide bonds. The van der Waals surface area contributed by atoms with E-state index in [-0.39, 0.29) is 12.3 Å². The average molecular weight is 206 g/mol. The van der Waals surface area contributed by atoms with Gasteiger partial charge in [0.25, 0.3) is 0 Å². The Morgan fingerprint density at radius 3 is 2.67 bits per heavy atom. The summed E-state index contributed by atoms with van der Waals surface area (Å²) in [6.07, 6.45) is 6.95. The SMILES string of the molecule is C=C/C=C(\C=C/C=N)C(=N)C(=O)OCC. The van der Waals surface area contributed by atoms with Gasteiger partial charge in [-0.1, -0.05) is 24.8 Å². The van der Waals surface area contributed by atoms with Crippen LogP contribution in [-0.2, 0) is 9.53 Å². The van der Waals surface area contributed by atoms with Crippen molar-refractivity contribution >= 4 is 17.9 Å². The van der Waals surface area contributed by atoms with E-state index >= 15 is 0 Å². The molecule has 0 atom stereocenters. The molecule has 15 heavy (non-hydrogen) atoms. The molecule has 0 saturated heterocycles. The molecule has 2 N–H and O–H groups in total. The van der Waals surface area contributed by atoms with Crippen molar-refractivity contribution in [3.05, 3.63) is 36.5 Å². The zero-order valence-electron chi connectivity index (χ0n) is 8.62. The van der Waals surface area contributed by atoms with Gasteiger partial charge in [0, 0.05) is 11.8 Å². The van der Waals surface area contributed by atoms with E-state index < -0.39 is 5.97 Å². The van der Waals surface area contributed by atoms with Crippen LogP contribution in [0.15, 0.2) is 36.5 Å². The van der Waals surface area contributed by atoms with Crippen LogP contribution in [0, 0.1) is 10.8 Å². The number of nitrogens with one attached hydrogen (secondary N) is 2. The van der Waals surface area contributed by atoms with Crippen molar-refractivity contribution in [1.29, 1.82) is 10.8 Å². The second kappa shape index (κ2) is 7.44. The molecule has 0 unspecified atom stereocenters. The molecule has 0 aromatic heterocycles. The van der Waals surface area contributed by atoms with E-state index in [1.54, 1.807) is 6.92 Å². The number of rotatable bonds is 6. The highest BCUT2D eigenvalue weighted by Crippen LogP contribution is 2.01. The number of carbonyl (C=O) groups is 1. The Morgan fingerprint density at radius 2 is 2.20 bits per heavy atom. The summed E-state index contributed by atoms with van der Waals surface area (Å²) in [5.74, 6) is -0.680. The van der Waals surface area contributed by atoms with Crippen molar-refractivity contribution in [2.45, 2.75) is 6.92 Å². The maximum atomic E-state index is 11.2. The minimum atomic E-state index is -0.680. The highest BCUT2D eigenvalue weighted by atomic mass is 16.5. The van der Waals surface area contributed by atoms with Gasteiger partial charge in [0.15, 0.2) is 0 Å². The standard InChI is InChI=1S/C11H14N2O2/c1-3-6-9(7-5-8-12)10(13)11(14)15-4-2/h3,5-8,12-13H,1,4H2,2H3/b7-5-,9-6+,12-8?,13-10?. The van der Waals surface area contributed by atoms with Crippen molar-refractivity contribution in [1.82, 2.24) is 0 Å². The summed E-state index contributed by atoms with van der Waals surface area (Å²) in [4.78, 5) is 11.2. The highest BCUT2D eigenvalue weighted by molar-refractivity contribution is 6.42. The number of carbonyl (C=O) groups excluding carboxylic acids is 1. The van der Waals surface area contributed by atoms with Gasteiger partial charge in [0.1, 0.15) is 5.71 Å². The van der Waals surface area contributed by atoms with Crippen molar-refractivity contribution in [2.24, 2.45) is 0 Å². The molecular formula is C11H14N2O2. The minimum absolute atomic E-state index is 0.233. The van der Waals surface area contributed by atoms with Crippen LogP contribution < -0.4 is 0 Å². The van der Waals surface area contributed by atoms with Crippen LogP contribution >= 0.6 is 0 Å². The average Bonchev–Trinajstić information content (AvgIpc) is 2.23. The third kappa shape index (κ3) is 4.71. The molecule has 0 aliphatic carbocycles. The zero-order valence-corrected chi connectivity index (χ0v) is 8.62. The first-order valence-electron chi connectivity index (χ1n) is 4.43. The van der Waals surface area contributed by atoms with E-state index in [0.29, 0.717) is 5.57 Å². The third-order valence-corrected chi connectivity index (χ3v) is 1.44. The largest absolute Gasteiger partial charge is 0.461 e. The summed E-state index contributed by atoms with van der Waals surface area (Å²) in [6, 6.07) is 0. The number of allylic oxidation sites excluding steroid dienone is 4. The van der Waals surface area contributed by atoms with Crippen LogP contribution in [-0.4, -0.2) is 24.5 Å². The molecule has 0 spiro atoms. The van der Waals surface area contributed by atoms with Crippen molar-refractivity contribution in [3.63, 3.8) is 0 Å². The molecule has 0 aliphatic heterocycles. The van der Waals surface area contributed by atoms with Crippen molar-refractivity contribution in [2.75, 3.05) is 6.61 Å². The number of esters is 1. The second-order valence-electron chi connectivity index (χ2n) is 2.48. The summed E-state index contributed by atoms with van der Waals surface area (Å²) in [6.45, 7) is 5.39. The Morgan fingerprint density at radius 1 is 1.53 bits per heavy atom. The van der Waals surface area contributed by atoms with Gasteiger partial charge in [-0.05, 0) is 13.0 Å². The molecule has 0 aromatic rings. The first-order chi connectivity index (χ1) is 7.17. The van der Waals surface area contributed by atoms with Crippen LogP contribution in [0.1, 0.15) is 6.92 Å². The monoisotopic (exact) mass is 206 g/mol. The summed E-state index contributed by atoms with van der Waals surface area (Å²) < 4.78 is 4.68. The third-order valence-electron chi connectivity index (χ3n) is 1.44. The van der Waals surface area contributed by atoms with Crippen molar-refractivity contribution in [3.8, 4) is 0 Å². The molecule has 0 rings (SSSR count). The zero-order chi connectivity index (χ0) is 11.7. The Bertz CT molecular complexity index is 327. The molecule has 0 fully saturated rings. The molecule has 0 radical (unpaired) electrons. The fourth-order valence-corrected chi connectivity index (χ4v) is 0.822. The van der Waals surface area contributed by atoms with Crippen LogP contribution in [0.2, 0.25) is 0 Å². The lowest BCUT2D eigenvalue weighted by molar-refractivity contribution is -0.135. The van der Waals surface area contributed by atoms with E-state index in [4.69, 9.17) is 10.8 Å². The lowest BCUT2D eigenvalue weighted by Gasteiger charge is -2.03. The molecule has 80 valence electrons. The number of hydrogen-bond donors (Lipinski definition) is 2. The molecular weight excluding hydrogens is 192 g/mol. The van der Waals surface area contributed by atoms with Crippen LogP contribution in [0.25, 0.3) is 0 Å². The van der Waals surface area contributed by atoms with Crippen LogP contribution in [0.3, 0.4) is 0 Å². The van der Waals surface area contributed by atoms with Crippen LogP contribution in [0.4, 0.5) is 0 Å². The summed E-state index contributed by atoms with van der Waals surface area (Å²) >= 11 is 0. The molecule has 4 heteroatoms. The van der Waals surface area contributed by atoms with Gasteiger partial charge in [-0.15, -0.1) is 0 Å². The molecule has 4 nitrogen and oxygen atoms in total. The molecule has 0 aliphatic rings. The molecule has 0 aromatic carbocycles. The molecule has 0 bridgehead atoms. The molecule has 0 saturated carbocycles. The minimum Gasteiger partial charge on any atom is -0.461 e. The van der Waals surface area contributed by atoms with Gasteiger partial charge in [-0.2, -0.15) is 0 Å². The first kappa shape index (κ1) is 13.0. The lowest BCUT2D eigenvalue weighted by Crippen LogP contribution is -2.17. The Hall–Kier alpha value is -1.97. The Balaban J connectivity index is 4.78. The van der Waals surface area contributed by atoms with E-state index in [9.17, 15) is 4.79 Å². The Labute approximate surface area is 89.0 Å². The quantitative estimate of drug-likeness (QED) is 0.395. The second-order valence-corrected chi connectivity index (χ2v) is 2.48. The Kier molecular flexibility index (Phi) is 6.46. The topological polar surface area (TPSA) is 74.0 Å². The van der Waals surface area contributed by atoms with Gasteiger partial charge in [-0.3, -0.25) is 5.41 Å². The van der Waals surface area contributed by atoms with E-state index in [2.05, 4.69) is 11.3 Å². The highest BCUT2D eigenvalue weighted by Gasteiger charge is 2.12. The summed E-state index contributed by atoms with van der Waals surface area (Å²) in [5, 5.41) is 14.3. The maximum Gasteiger partial charge on any atom is 0.356 e. The van der Waals surface area contributed by atoms with Gasteiger partial charge >= 0.3 is 5.97 Å².